The fourth-order valence-electron chi connectivity index (χ4n) is 2.19. The zero-order valence-corrected chi connectivity index (χ0v) is 13.5. The smallest absolute Gasteiger partial charge is 0.277 e. The Morgan fingerprint density at radius 1 is 1.17 bits per heavy atom. The summed E-state index contributed by atoms with van der Waals surface area (Å²) in [4.78, 5) is 14.0. The molecule has 1 aromatic heterocycles. The van der Waals surface area contributed by atoms with Crippen molar-refractivity contribution in [1.82, 2.24) is 5.43 Å². The maximum Gasteiger partial charge on any atom is 0.277 e. The number of ether oxygens (including phenoxy) is 1. The number of carbonyl (C=O) groups excluding carboxylic acids is 1. The van der Waals surface area contributed by atoms with Gasteiger partial charge in [-0.1, -0.05) is 36.4 Å². The monoisotopic (exact) mass is 324 g/mol. The lowest BCUT2D eigenvalue weighted by Crippen LogP contribution is -2.24. The number of carbonyl (C=O) groups is 1. The number of hydrazone groups is 1. The number of nitrogens with one attached hydrogen (secondary N) is 1. The van der Waals surface area contributed by atoms with E-state index in [4.69, 9.17) is 4.74 Å². The third kappa shape index (κ3) is 3.96. The summed E-state index contributed by atoms with van der Waals surface area (Å²) < 4.78 is 5.60. The highest BCUT2D eigenvalue weighted by molar-refractivity contribution is 7.13. The minimum atomic E-state index is -0.289. The lowest BCUT2D eigenvalue weighted by Gasteiger charge is -2.08. The third-order valence-corrected chi connectivity index (χ3v) is 4.19. The minimum absolute atomic E-state index is 0.0746. The van der Waals surface area contributed by atoms with Gasteiger partial charge in [0.2, 0.25) is 0 Å². The van der Waals surface area contributed by atoms with Gasteiger partial charge in [0.1, 0.15) is 5.75 Å². The van der Waals surface area contributed by atoms with Crippen molar-refractivity contribution >= 4 is 34.2 Å². The SMILES string of the molecule is Cc1ccc(C=NNC(=O)COc2cccc3ccccc23)s1. The summed E-state index contributed by atoms with van der Waals surface area (Å²) in [6.07, 6.45) is 1.63. The van der Waals surface area contributed by atoms with Crippen LogP contribution in [0, 0.1) is 6.92 Å². The molecule has 3 aromatic rings. The van der Waals surface area contributed by atoms with E-state index in [0.29, 0.717) is 5.75 Å². The van der Waals surface area contributed by atoms with Crippen LogP contribution in [0.25, 0.3) is 10.8 Å². The summed E-state index contributed by atoms with van der Waals surface area (Å²) in [6, 6.07) is 17.6. The first-order valence-electron chi connectivity index (χ1n) is 7.21. The van der Waals surface area contributed by atoms with Crippen molar-refractivity contribution in [3.63, 3.8) is 0 Å². The average molecular weight is 324 g/mol. The molecule has 1 amide bonds. The van der Waals surface area contributed by atoms with Crippen molar-refractivity contribution < 1.29 is 9.53 Å². The van der Waals surface area contributed by atoms with Crippen LogP contribution in [0.3, 0.4) is 0 Å². The Labute approximate surface area is 138 Å². The second kappa shape index (κ2) is 7.07. The Bertz CT molecular complexity index is 850. The molecule has 0 aliphatic rings. The van der Waals surface area contributed by atoms with Gasteiger partial charge in [-0.05, 0) is 30.5 Å². The number of hydrogen-bond donors (Lipinski definition) is 1. The van der Waals surface area contributed by atoms with Gasteiger partial charge in [-0.2, -0.15) is 5.10 Å². The van der Waals surface area contributed by atoms with Gasteiger partial charge in [0.15, 0.2) is 6.61 Å². The Kier molecular flexibility index (Phi) is 4.68. The molecule has 0 aliphatic heterocycles. The molecule has 0 unspecified atom stereocenters. The van der Waals surface area contributed by atoms with E-state index >= 15 is 0 Å². The number of benzene rings is 2. The maximum atomic E-state index is 11.8. The van der Waals surface area contributed by atoms with Crippen LogP contribution in [0.15, 0.2) is 59.7 Å². The van der Waals surface area contributed by atoms with Crippen molar-refractivity contribution in [2.45, 2.75) is 6.92 Å². The summed E-state index contributed by atoms with van der Waals surface area (Å²) in [5.74, 6) is 0.401. The van der Waals surface area contributed by atoms with Crippen LogP contribution in [-0.2, 0) is 4.79 Å². The summed E-state index contributed by atoms with van der Waals surface area (Å²) in [5.41, 5.74) is 2.47. The molecule has 0 bridgehead atoms. The fraction of sp³-hybridized carbons (Fsp3) is 0.111. The minimum Gasteiger partial charge on any atom is -0.483 e. The van der Waals surface area contributed by atoms with Crippen LogP contribution in [0.2, 0.25) is 0 Å². The molecule has 0 saturated heterocycles. The average Bonchev–Trinajstić information content (AvgIpc) is 2.98. The molecular formula is C18H16N2O2S. The molecule has 0 fully saturated rings. The molecule has 0 radical (unpaired) electrons. The van der Waals surface area contributed by atoms with Gasteiger partial charge in [0.05, 0.1) is 6.21 Å². The van der Waals surface area contributed by atoms with Crippen molar-refractivity contribution in [2.75, 3.05) is 6.61 Å². The Morgan fingerprint density at radius 3 is 2.83 bits per heavy atom. The number of amides is 1. The molecular weight excluding hydrogens is 308 g/mol. The molecule has 4 nitrogen and oxygen atoms in total. The highest BCUT2D eigenvalue weighted by Gasteiger charge is 2.04. The number of fused-ring (bicyclic) bond motifs is 1. The molecule has 3 rings (SSSR count). The molecule has 116 valence electrons. The van der Waals surface area contributed by atoms with Gasteiger partial charge in [-0.3, -0.25) is 4.79 Å². The Morgan fingerprint density at radius 2 is 2.00 bits per heavy atom. The summed E-state index contributed by atoms with van der Waals surface area (Å²) in [6.45, 7) is 1.95. The number of hydrogen-bond acceptors (Lipinski definition) is 4. The molecule has 0 aliphatic carbocycles. The quantitative estimate of drug-likeness (QED) is 0.574. The van der Waals surface area contributed by atoms with Crippen LogP contribution < -0.4 is 10.2 Å². The predicted octanol–water partition coefficient (Wildman–Crippen LogP) is 3.74. The zero-order chi connectivity index (χ0) is 16.1. The van der Waals surface area contributed by atoms with E-state index in [2.05, 4.69) is 10.5 Å². The Balaban J connectivity index is 1.57. The van der Waals surface area contributed by atoms with Crippen LogP contribution in [0.4, 0.5) is 0 Å². The highest BCUT2D eigenvalue weighted by atomic mass is 32.1. The molecule has 2 aromatic carbocycles. The second-order valence-electron chi connectivity index (χ2n) is 5.01. The van der Waals surface area contributed by atoms with E-state index in [-0.39, 0.29) is 12.5 Å². The maximum absolute atomic E-state index is 11.8. The molecule has 1 heterocycles. The zero-order valence-electron chi connectivity index (χ0n) is 12.7. The van der Waals surface area contributed by atoms with E-state index in [1.54, 1.807) is 17.6 Å². The summed E-state index contributed by atoms with van der Waals surface area (Å²) >= 11 is 1.62. The van der Waals surface area contributed by atoms with Crippen molar-refractivity contribution in [3.8, 4) is 5.75 Å². The summed E-state index contributed by atoms with van der Waals surface area (Å²) in [7, 11) is 0. The first kappa shape index (κ1) is 15.2. The standard InChI is InChI=1S/C18H16N2O2S/c1-13-9-10-15(23-13)11-19-20-18(21)12-22-17-8-4-6-14-5-2-3-7-16(14)17/h2-11H,12H2,1H3,(H,20,21). The second-order valence-corrected chi connectivity index (χ2v) is 6.33. The molecule has 0 spiro atoms. The van der Waals surface area contributed by atoms with Crippen LogP contribution in [-0.4, -0.2) is 18.7 Å². The number of thiophene rings is 1. The van der Waals surface area contributed by atoms with E-state index in [1.165, 1.54) is 4.88 Å². The molecule has 1 N–H and O–H groups in total. The van der Waals surface area contributed by atoms with Gasteiger partial charge in [0, 0.05) is 15.1 Å². The van der Waals surface area contributed by atoms with E-state index < -0.39 is 0 Å². The first-order valence-corrected chi connectivity index (χ1v) is 8.03. The van der Waals surface area contributed by atoms with E-state index in [9.17, 15) is 4.79 Å². The van der Waals surface area contributed by atoms with Crippen LogP contribution >= 0.6 is 11.3 Å². The first-order chi connectivity index (χ1) is 11.2. The largest absolute Gasteiger partial charge is 0.483 e. The highest BCUT2D eigenvalue weighted by Crippen LogP contribution is 2.24. The lowest BCUT2D eigenvalue weighted by molar-refractivity contribution is -0.123. The van der Waals surface area contributed by atoms with E-state index in [1.807, 2.05) is 61.5 Å². The van der Waals surface area contributed by atoms with Crippen LogP contribution in [0.1, 0.15) is 9.75 Å². The molecule has 0 atom stereocenters. The van der Waals surface area contributed by atoms with Gasteiger partial charge in [0.25, 0.3) is 5.91 Å². The van der Waals surface area contributed by atoms with Crippen molar-refractivity contribution in [2.24, 2.45) is 5.10 Å². The van der Waals surface area contributed by atoms with Crippen molar-refractivity contribution in [1.29, 1.82) is 0 Å². The summed E-state index contributed by atoms with van der Waals surface area (Å²) in [5, 5.41) is 6.00. The lowest BCUT2D eigenvalue weighted by atomic mass is 10.1. The normalized spacial score (nSPS) is 11.0. The van der Waals surface area contributed by atoms with Crippen molar-refractivity contribution in [3.05, 3.63) is 64.4 Å². The fourth-order valence-corrected chi connectivity index (χ4v) is 2.94. The van der Waals surface area contributed by atoms with Gasteiger partial charge in [-0.25, -0.2) is 5.43 Å². The van der Waals surface area contributed by atoms with E-state index in [0.717, 1.165) is 15.6 Å². The van der Waals surface area contributed by atoms with Gasteiger partial charge < -0.3 is 4.74 Å². The van der Waals surface area contributed by atoms with Gasteiger partial charge >= 0.3 is 0 Å². The number of nitrogens with zero attached hydrogens (tertiary/aromatic N) is 1. The molecule has 0 saturated carbocycles. The topological polar surface area (TPSA) is 50.7 Å². The number of rotatable bonds is 5. The third-order valence-electron chi connectivity index (χ3n) is 3.25. The van der Waals surface area contributed by atoms with Gasteiger partial charge in [-0.15, -0.1) is 11.3 Å². The Hall–Kier alpha value is -2.66. The number of aryl methyl sites for hydroxylation is 1. The predicted molar refractivity (Wildman–Crippen MR) is 94.2 cm³/mol. The molecule has 23 heavy (non-hydrogen) atoms. The molecule has 5 heteroatoms. The van der Waals surface area contributed by atoms with Crippen LogP contribution in [0.5, 0.6) is 5.75 Å².